The highest BCUT2D eigenvalue weighted by Gasteiger charge is 2.38. The van der Waals surface area contributed by atoms with E-state index in [-0.39, 0.29) is 23.8 Å². The van der Waals surface area contributed by atoms with E-state index in [1.807, 2.05) is 13.8 Å². The number of rotatable bonds is 7. The van der Waals surface area contributed by atoms with Gasteiger partial charge in [-0.2, -0.15) is 0 Å². The van der Waals surface area contributed by atoms with Gasteiger partial charge in [-0.1, -0.05) is 6.42 Å². The molecule has 1 rings (SSSR count). The van der Waals surface area contributed by atoms with Crippen LogP contribution in [0.15, 0.2) is 0 Å². The maximum Gasteiger partial charge on any atom is 0.242 e. The van der Waals surface area contributed by atoms with Crippen LogP contribution in [0.25, 0.3) is 0 Å². The molecule has 1 aliphatic rings. The first-order chi connectivity index (χ1) is 8.98. The van der Waals surface area contributed by atoms with E-state index < -0.39 is 0 Å². The zero-order valence-electron chi connectivity index (χ0n) is 12.4. The van der Waals surface area contributed by atoms with Crippen molar-refractivity contribution in [2.24, 2.45) is 11.1 Å². The van der Waals surface area contributed by atoms with E-state index in [1.54, 1.807) is 11.9 Å². The number of hydrogen-bond acceptors (Lipinski definition) is 3. The van der Waals surface area contributed by atoms with Gasteiger partial charge in [0.25, 0.3) is 0 Å². The average molecular weight is 269 g/mol. The molecule has 0 aromatic carbocycles. The van der Waals surface area contributed by atoms with E-state index in [0.717, 1.165) is 19.3 Å². The molecule has 0 radical (unpaired) electrons. The van der Waals surface area contributed by atoms with Crippen molar-refractivity contribution in [3.63, 3.8) is 0 Å². The first kappa shape index (κ1) is 16.0. The Morgan fingerprint density at radius 2 is 1.74 bits per heavy atom. The van der Waals surface area contributed by atoms with Gasteiger partial charge in [0, 0.05) is 26.6 Å². The normalized spacial score (nSPS) is 16.6. The van der Waals surface area contributed by atoms with Crippen LogP contribution in [0.3, 0.4) is 0 Å². The van der Waals surface area contributed by atoms with E-state index in [2.05, 4.69) is 0 Å². The largest absolute Gasteiger partial charge is 0.342 e. The summed E-state index contributed by atoms with van der Waals surface area (Å²) in [5.41, 5.74) is 5.77. The van der Waals surface area contributed by atoms with Gasteiger partial charge >= 0.3 is 0 Å². The number of carbonyl (C=O) groups excluding carboxylic acids is 2. The molecular formula is C14H27N3O2. The highest BCUT2D eigenvalue weighted by Crippen LogP contribution is 2.43. The molecule has 0 unspecified atom stereocenters. The molecule has 5 heteroatoms. The standard InChI is InChI=1S/C14H27N3O2/c1-4-17(5-2)13(19)10-16(3)12(18)9-14(11-15)7-6-8-14/h4-11,15H2,1-3H3. The van der Waals surface area contributed by atoms with Gasteiger partial charge in [0.05, 0.1) is 6.54 Å². The molecule has 2 amide bonds. The Morgan fingerprint density at radius 3 is 2.11 bits per heavy atom. The molecule has 1 fully saturated rings. The van der Waals surface area contributed by atoms with Crippen molar-refractivity contribution in [2.75, 3.05) is 33.2 Å². The lowest BCUT2D eigenvalue weighted by molar-refractivity contribution is -0.141. The van der Waals surface area contributed by atoms with Gasteiger partial charge in [0.15, 0.2) is 0 Å². The lowest BCUT2D eigenvalue weighted by Gasteiger charge is -2.41. The summed E-state index contributed by atoms with van der Waals surface area (Å²) in [5.74, 6) is 0.0434. The predicted molar refractivity (Wildman–Crippen MR) is 75.5 cm³/mol. The predicted octanol–water partition coefficient (Wildman–Crippen LogP) is 0.832. The van der Waals surface area contributed by atoms with E-state index in [9.17, 15) is 9.59 Å². The first-order valence-electron chi connectivity index (χ1n) is 7.20. The molecule has 0 saturated heterocycles. The van der Waals surface area contributed by atoms with Crippen LogP contribution in [-0.4, -0.2) is 54.8 Å². The second-order valence-corrected chi connectivity index (χ2v) is 5.55. The van der Waals surface area contributed by atoms with Crippen LogP contribution >= 0.6 is 0 Å². The molecular weight excluding hydrogens is 242 g/mol. The van der Waals surface area contributed by atoms with Crippen molar-refractivity contribution in [1.29, 1.82) is 0 Å². The summed E-state index contributed by atoms with van der Waals surface area (Å²) in [6, 6.07) is 0. The molecule has 0 spiro atoms. The minimum Gasteiger partial charge on any atom is -0.342 e. The number of nitrogens with zero attached hydrogens (tertiary/aromatic N) is 2. The summed E-state index contributed by atoms with van der Waals surface area (Å²) < 4.78 is 0. The SMILES string of the molecule is CCN(CC)C(=O)CN(C)C(=O)CC1(CN)CCC1. The molecule has 0 bridgehead atoms. The number of hydrogen-bond donors (Lipinski definition) is 1. The van der Waals surface area contributed by atoms with Gasteiger partial charge in [-0.25, -0.2) is 0 Å². The Balaban J connectivity index is 2.46. The molecule has 1 saturated carbocycles. The van der Waals surface area contributed by atoms with Crippen LogP contribution in [0.5, 0.6) is 0 Å². The van der Waals surface area contributed by atoms with Crippen LogP contribution in [0.1, 0.15) is 39.5 Å². The molecule has 110 valence electrons. The topological polar surface area (TPSA) is 66.6 Å². The Labute approximate surface area is 116 Å². The number of carbonyl (C=O) groups is 2. The lowest BCUT2D eigenvalue weighted by Crippen LogP contribution is -2.45. The molecule has 19 heavy (non-hydrogen) atoms. The van der Waals surface area contributed by atoms with Gasteiger partial charge in [0.2, 0.25) is 11.8 Å². The maximum absolute atomic E-state index is 12.1. The second-order valence-electron chi connectivity index (χ2n) is 5.55. The smallest absolute Gasteiger partial charge is 0.242 e. The van der Waals surface area contributed by atoms with Crippen LogP contribution in [0, 0.1) is 5.41 Å². The number of likely N-dealkylation sites (N-methyl/N-ethyl adjacent to an activating group) is 2. The molecule has 0 atom stereocenters. The fourth-order valence-electron chi connectivity index (χ4n) is 2.55. The zero-order valence-corrected chi connectivity index (χ0v) is 12.4. The third-order valence-corrected chi connectivity index (χ3v) is 4.29. The summed E-state index contributed by atoms with van der Waals surface area (Å²) in [6.07, 6.45) is 3.71. The average Bonchev–Trinajstić information content (AvgIpc) is 2.34. The van der Waals surface area contributed by atoms with Crippen molar-refractivity contribution >= 4 is 11.8 Å². The van der Waals surface area contributed by atoms with E-state index >= 15 is 0 Å². The molecule has 5 nitrogen and oxygen atoms in total. The number of amides is 2. The summed E-state index contributed by atoms with van der Waals surface area (Å²) in [7, 11) is 1.70. The molecule has 2 N–H and O–H groups in total. The summed E-state index contributed by atoms with van der Waals surface area (Å²) in [6.45, 7) is 5.99. The second kappa shape index (κ2) is 6.89. The molecule has 0 aliphatic heterocycles. The van der Waals surface area contributed by atoms with Gasteiger partial charge in [-0.15, -0.1) is 0 Å². The zero-order chi connectivity index (χ0) is 14.5. The highest BCUT2D eigenvalue weighted by atomic mass is 16.2. The van der Waals surface area contributed by atoms with Crippen LogP contribution in [0.2, 0.25) is 0 Å². The van der Waals surface area contributed by atoms with Crippen molar-refractivity contribution in [2.45, 2.75) is 39.5 Å². The van der Waals surface area contributed by atoms with Gasteiger partial charge < -0.3 is 15.5 Å². The summed E-state index contributed by atoms with van der Waals surface area (Å²) >= 11 is 0. The monoisotopic (exact) mass is 269 g/mol. The minimum atomic E-state index is 0.00356. The Bertz CT molecular complexity index is 317. The fraction of sp³-hybridized carbons (Fsp3) is 0.857. The molecule has 0 aromatic rings. The van der Waals surface area contributed by atoms with Crippen LogP contribution < -0.4 is 5.73 Å². The molecule has 0 heterocycles. The van der Waals surface area contributed by atoms with Crippen LogP contribution in [-0.2, 0) is 9.59 Å². The third kappa shape index (κ3) is 3.93. The fourth-order valence-corrected chi connectivity index (χ4v) is 2.55. The van der Waals surface area contributed by atoms with Crippen molar-refractivity contribution in [3.05, 3.63) is 0 Å². The first-order valence-corrected chi connectivity index (χ1v) is 7.20. The highest BCUT2D eigenvalue weighted by molar-refractivity contribution is 5.85. The van der Waals surface area contributed by atoms with E-state index in [1.165, 1.54) is 4.90 Å². The van der Waals surface area contributed by atoms with Crippen molar-refractivity contribution in [1.82, 2.24) is 9.80 Å². The minimum absolute atomic E-state index is 0.00356. The quantitative estimate of drug-likeness (QED) is 0.744. The summed E-state index contributed by atoms with van der Waals surface area (Å²) in [5, 5.41) is 0. The lowest BCUT2D eigenvalue weighted by atomic mass is 9.66. The van der Waals surface area contributed by atoms with Gasteiger partial charge in [-0.05, 0) is 38.6 Å². The molecule has 0 aromatic heterocycles. The molecule has 1 aliphatic carbocycles. The van der Waals surface area contributed by atoms with E-state index in [4.69, 9.17) is 5.73 Å². The van der Waals surface area contributed by atoms with Gasteiger partial charge in [-0.3, -0.25) is 9.59 Å². The van der Waals surface area contributed by atoms with Crippen molar-refractivity contribution < 1.29 is 9.59 Å². The Morgan fingerprint density at radius 1 is 1.16 bits per heavy atom. The summed E-state index contributed by atoms with van der Waals surface area (Å²) in [4.78, 5) is 27.4. The third-order valence-electron chi connectivity index (χ3n) is 4.29. The maximum atomic E-state index is 12.1. The van der Waals surface area contributed by atoms with Gasteiger partial charge in [0.1, 0.15) is 0 Å². The van der Waals surface area contributed by atoms with E-state index in [0.29, 0.717) is 26.1 Å². The number of nitrogens with two attached hydrogens (primary N) is 1. The van der Waals surface area contributed by atoms with Crippen LogP contribution in [0.4, 0.5) is 0 Å². The Kier molecular flexibility index (Phi) is 5.79. The Hall–Kier alpha value is -1.10. The van der Waals surface area contributed by atoms with Crippen molar-refractivity contribution in [3.8, 4) is 0 Å².